The molecule has 1 heterocycles. The monoisotopic (exact) mass is 357 g/mol. The van der Waals surface area contributed by atoms with Gasteiger partial charge in [-0.05, 0) is 24.3 Å². The summed E-state index contributed by atoms with van der Waals surface area (Å²) < 4.78 is 26.4. The van der Waals surface area contributed by atoms with Crippen LogP contribution in [0.5, 0.6) is 0 Å². The van der Waals surface area contributed by atoms with Crippen LogP contribution < -0.4 is 5.32 Å². The van der Waals surface area contributed by atoms with E-state index in [-0.39, 0.29) is 5.56 Å². The smallest absolute Gasteiger partial charge is 0.331 e. The maximum atomic E-state index is 13.4. The van der Waals surface area contributed by atoms with Crippen molar-refractivity contribution in [3.05, 3.63) is 59.9 Å². The van der Waals surface area contributed by atoms with Crippen molar-refractivity contribution in [2.24, 2.45) is 0 Å². The van der Waals surface area contributed by atoms with Gasteiger partial charge in [0.15, 0.2) is 6.61 Å². The van der Waals surface area contributed by atoms with Gasteiger partial charge >= 0.3 is 5.97 Å². The number of anilines is 1. The molecule has 126 valence electrons. The number of benzene rings is 2. The minimum absolute atomic E-state index is 0.256. The first-order valence-corrected chi connectivity index (χ1v) is 7.97. The number of carbonyl (C=O) groups is 2. The summed E-state index contributed by atoms with van der Waals surface area (Å²) in [7, 11) is 0. The van der Waals surface area contributed by atoms with E-state index in [1.54, 1.807) is 30.3 Å². The molecule has 0 spiro atoms. The molecule has 0 unspecified atom stereocenters. The third-order valence-electron chi connectivity index (χ3n) is 3.21. The molecular weight excluding hydrogens is 345 g/mol. The van der Waals surface area contributed by atoms with Gasteiger partial charge in [-0.1, -0.05) is 24.3 Å². The summed E-state index contributed by atoms with van der Waals surface area (Å²) in [6.45, 7) is -0.464. The number of amides is 1. The van der Waals surface area contributed by atoms with E-state index in [1.165, 1.54) is 18.2 Å². The van der Waals surface area contributed by atoms with Crippen LogP contribution in [0, 0.1) is 5.82 Å². The summed E-state index contributed by atoms with van der Waals surface area (Å²) in [5, 5.41) is 2.61. The first kappa shape index (κ1) is 16.7. The van der Waals surface area contributed by atoms with E-state index in [0.717, 1.165) is 17.8 Å². The van der Waals surface area contributed by atoms with Crippen LogP contribution in [0.25, 0.3) is 17.1 Å². The summed E-state index contributed by atoms with van der Waals surface area (Å²) in [5.41, 5.74) is 2.00. The van der Waals surface area contributed by atoms with Gasteiger partial charge in [0.25, 0.3) is 5.91 Å². The van der Waals surface area contributed by atoms with Gasteiger partial charge in [-0.2, -0.15) is 8.75 Å². The van der Waals surface area contributed by atoms with Gasteiger partial charge in [-0.15, -0.1) is 0 Å². The highest BCUT2D eigenvalue weighted by atomic mass is 32.1. The number of hydrogen-bond acceptors (Lipinski definition) is 6. The van der Waals surface area contributed by atoms with Crippen molar-refractivity contribution in [3.63, 3.8) is 0 Å². The quantitative estimate of drug-likeness (QED) is 0.561. The average Bonchev–Trinajstić information content (AvgIpc) is 3.09. The normalized spacial score (nSPS) is 10.9. The number of halogens is 1. The predicted molar refractivity (Wildman–Crippen MR) is 92.4 cm³/mol. The summed E-state index contributed by atoms with van der Waals surface area (Å²) in [5.74, 6) is -1.70. The van der Waals surface area contributed by atoms with Crippen LogP contribution in [0.15, 0.2) is 48.5 Å². The highest BCUT2D eigenvalue weighted by Crippen LogP contribution is 2.20. The highest BCUT2D eigenvalue weighted by Gasteiger charge is 2.10. The topological polar surface area (TPSA) is 81.2 Å². The largest absolute Gasteiger partial charge is 0.452 e. The molecule has 0 aliphatic rings. The van der Waals surface area contributed by atoms with Crippen LogP contribution in [-0.2, 0) is 14.3 Å². The Labute approximate surface area is 146 Å². The fraction of sp³-hybridized carbons (Fsp3) is 0.0588. The lowest BCUT2D eigenvalue weighted by molar-refractivity contribution is -0.142. The fourth-order valence-corrected chi connectivity index (χ4v) is 2.60. The maximum Gasteiger partial charge on any atom is 0.331 e. The molecule has 3 aromatic rings. The minimum atomic E-state index is -0.744. The highest BCUT2D eigenvalue weighted by molar-refractivity contribution is 7.00. The summed E-state index contributed by atoms with van der Waals surface area (Å²) in [6, 6.07) is 11.2. The number of ether oxygens (including phenoxy) is 1. The van der Waals surface area contributed by atoms with Gasteiger partial charge in [0.05, 0.1) is 17.4 Å². The van der Waals surface area contributed by atoms with Gasteiger partial charge in [-0.3, -0.25) is 4.79 Å². The lowest BCUT2D eigenvalue weighted by Gasteiger charge is -2.05. The molecule has 0 aliphatic carbocycles. The van der Waals surface area contributed by atoms with Crippen molar-refractivity contribution in [2.45, 2.75) is 0 Å². The standard InChI is InChI=1S/C17H12FN3O3S/c18-12-5-2-1-4-11(12)8-9-16(23)24-10-15(22)19-13-6-3-7-14-17(13)21-25-20-14/h1-9H,10H2,(H,19,22). The number of fused-ring (bicyclic) bond motifs is 1. The van der Waals surface area contributed by atoms with Crippen LogP contribution in [0.1, 0.15) is 5.56 Å². The van der Waals surface area contributed by atoms with Crippen molar-refractivity contribution < 1.29 is 18.7 Å². The average molecular weight is 357 g/mol. The van der Waals surface area contributed by atoms with Gasteiger partial charge in [-0.25, -0.2) is 9.18 Å². The molecule has 25 heavy (non-hydrogen) atoms. The van der Waals surface area contributed by atoms with Crippen LogP contribution in [-0.4, -0.2) is 27.2 Å². The van der Waals surface area contributed by atoms with Crippen molar-refractivity contribution in [1.82, 2.24) is 8.75 Å². The van der Waals surface area contributed by atoms with E-state index in [1.807, 2.05) is 0 Å². The van der Waals surface area contributed by atoms with Crippen LogP contribution in [0.2, 0.25) is 0 Å². The zero-order valence-corrected chi connectivity index (χ0v) is 13.6. The summed E-state index contributed by atoms with van der Waals surface area (Å²) in [4.78, 5) is 23.5. The molecule has 0 saturated carbocycles. The lowest BCUT2D eigenvalue weighted by Crippen LogP contribution is -2.20. The first-order chi connectivity index (χ1) is 12.1. The molecule has 1 N–H and O–H groups in total. The number of hydrogen-bond donors (Lipinski definition) is 1. The molecule has 0 atom stereocenters. The van der Waals surface area contributed by atoms with Gasteiger partial charge < -0.3 is 10.1 Å². The van der Waals surface area contributed by atoms with Crippen LogP contribution in [0.3, 0.4) is 0 Å². The van der Waals surface area contributed by atoms with Crippen molar-refractivity contribution in [3.8, 4) is 0 Å². The molecule has 0 saturated heterocycles. The van der Waals surface area contributed by atoms with Gasteiger partial charge in [0.2, 0.25) is 0 Å². The number of carbonyl (C=O) groups excluding carboxylic acids is 2. The van der Waals surface area contributed by atoms with E-state index in [4.69, 9.17) is 4.74 Å². The SMILES string of the molecule is O=C(COC(=O)C=Cc1ccccc1F)Nc1cccc2nsnc12. The maximum absolute atomic E-state index is 13.4. The van der Waals surface area contributed by atoms with E-state index in [9.17, 15) is 14.0 Å². The van der Waals surface area contributed by atoms with E-state index in [2.05, 4.69) is 14.1 Å². The molecule has 1 amide bonds. The van der Waals surface area contributed by atoms with E-state index < -0.39 is 24.3 Å². The Morgan fingerprint density at radius 1 is 1.16 bits per heavy atom. The molecule has 6 nitrogen and oxygen atoms in total. The Hall–Kier alpha value is -3.13. The fourth-order valence-electron chi connectivity index (χ4n) is 2.05. The van der Waals surface area contributed by atoms with Crippen molar-refractivity contribution >= 4 is 46.4 Å². The Balaban J connectivity index is 1.54. The summed E-state index contributed by atoms with van der Waals surface area (Å²) in [6.07, 6.45) is 2.36. The Morgan fingerprint density at radius 2 is 2.00 bits per heavy atom. The second kappa shape index (κ2) is 7.63. The lowest BCUT2D eigenvalue weighted by atomic mass is 10.2. The second-order valence-corrected chi connectivity index (χ2v) is 5.48. The van der Waals surface area contributed by atoms with E-state index >= 15 is 0 Å². The minimum Gasteiger partial charge on any atom is -0.452 e. The molecule has 3 rings (SSSR count). The van der Waals surface area contributed by atoms with Crippen molar-refractivity contribution in [1.29, 1.82) is 0 Å². The third kappa shape index (κ3) is 4.24. The summed E-state index contributed by atoms with van der Waals surface area (Å²) >= 11 is 1.04. The molecule has 0 fully saturated rings. The number of esters is 1. The molecule has 8 heteroatoms. The Morgan fingerprint density at radius 3 is 2.84 bits per heavy atom. The molecule has 0 bridgehead atoms. The second-order valence-electron chi connectivity index (χ2n) is 4.95. The van der Waals surface area contributed by atoms with Crippen LogP contribution >= 0.6 is 11.7 Å². The first-order valence-electron chi connectivity index (χ1n) is 7.24. The number of nitrogens with one attached hydrogen (secondary N) is 1. The third-order valence-corrected chi connectivity index (χ3v) is 3.75. The number of rotatable bonds is 5. The zero-order valence-electron chi connectivity index (χ0n) is 12.8. The number of aromatic nitrogens is 2. The Kier molecular flexibility index (Phi) is 5.10. The zero-order chi connectivity index (χ0) is 17.6. The Bertz CT molecular complexity index is 955. The van der Waals surface area contributed by atoms with Gasteiger partial charge in [0.1, 0.15) is 16.9 Å². The number of nitrogens with zero attached hydrogens (tertiary/aromatic N) is 2. The van der Waals surface area contributed by atoms with Crippen molar-refractivity contribution in [2.75, 3.05) is 11.9 Å². The molecular formula is C17H12FN3O3S. The van der Waals surface area contributed by atoms with E-state index in [0.29, 0.717) is 16.7 Å². The molecule has 0 aliphatic heterocycles. The molecule has 1 aromatic heterocycles. The van der Waals surface area contributed by atoms with Crippen LogP contribution in [0.4, 0.5) is 10.1 Å². The predicted octanol–water partition coefficient (Wildman–Crippen LogP) is 3.03. The van der Waals surface area contributed by atoms with Gasteiger partial charge in [0, 0.05) is 11.6 Å². The molecule has 0 radical (unpaired) electrons. The molecule has 2 aromatic carbocycles.